The van der Waals surface area contributed by atoms with Crippen molar-refractivity contribution >= 4 is 58.9 Å². The second kappa shape index (κ2) is 6.37. The number of nitrogens with two attached hydrogens (primary N) is 1. The molecule has 0 atom stereocenters. The molecule has 0 radical (unpaired) electrons. The Balaban J connectivity index is 2.40. The molecular formula is C13H14Br2N2O2S2. The number of halogens is 2. The molecule has 0 aliphatic carbocycles. The smallest absolute Gasteiger partial charge is 0.246 e. The number of sulfonamides is 1. The van der Waals surface area contributed by atoms with Crippen LogP contribution in [0.4, 0.5) is 5.69 Å². The third-order valence-electron chi connectivity index (χ3n) is 3.04. The van der Waals surface area contributed by atoms with E-state index in [0.29, 0.717) is 11.0 Å². The van der Waals surface area contributed by atoms with Gasteiger partial charge in [-0.15, -0.1) is 11.3 Å². The molecule has 0 bridgehead atoms. The number of nitrogen functional groups attached to an aromatic ring is 1. The summed E-state index contributed by atoms with van der Waals surface area (Å²) >= 11 is 8.12. The van der Waals surface area contributed by atoms with E-state index in [0.717, 1.165) is 14.9 Å². The average molecular weight is 454 g/mol. The minimum absolute atomic E-state index is 0.0995. The van der Waals surface area contributed by atoms with Crippen molar-refractivity contribution in [3.05, 3.63) is 43.0 Å². The van der Waals surface area contributed by atoms with E-state index in [1.165, 1.54) is 4.31 Å². The Morgan fingerprint density at radius 3 is 2.52 bits per heavy atom. The van der Waals surface area contributed by atoms with Gasteiger partial charge in [0.1, 0.15) is 4.90 Å². The van der Waals surface area contributed by atoms with Crippen LogP contribution in [0.25, 0.3) is 0 Å². The number of aryl methyl sites for hydroxylation is 1. The highest BCUT2D eigenvalue weighted by molar-refractivity contribution is 9.11. The van der Waals surface area contributed by atoms with Crippen LogP contribution in [-0.2, 0) is 16.6 Å². The van der Waals surface area contributed by atoms with Gasteiger partial charge in [-0.05, 0) is 52.0 Å². The Morgan fingerprint density at radius 1 is 1.33 bits per heavy atom. The molecule has 2 aromatic rings. The van der Waals surface area contributed by atoms with Crippen LogP contribution in [0.3, 0.4) is 0 Å². The Labute approximate surface area is 145 Å². The minimum Gasteiger partial charge on any atom is -0.398 e. The van der Waals surface area contributed by atoms with Crippen molar-refractivity contribution in [3.8, 4) is 0 Å². The molecule has 0 unspecified atom stereocenters. The van der Waals surface area contributed by atoms with Crippen LogP contribution in [0, 0.1) is 6.92 Å². The molecule has 1 aromatic carbocycles. The molecule has 114 valence electrons. The van der Waals surface area contributed by atoms with E-state index >= 15 is 0 Å². The highest BCUT2D eigenvalue weighted by Crippen LogP contribution is 2.34. The number of hydrogen-bond acceptors (Lipinski definition) is 4. The highest BCUT2D eigenvalue weighted by Gasteiger charge is 2.27. The molecule has 0 saturated carbocycles. The van der Waals surface area contributed by atoms with Crippen molar-refractivity contribution in [1.29, 1.82) is 0 Å². The Morgan fingerprint density at radius 2 is 2.00 bits per heavy atom. The molecule has 8 heteroatoms. The van der Waals surface area contributed by atoms with Crippen LogP contribution in [0.1, 0.15) is 10.4 Å². The molecule has 4 nitrogen and oxygen atoms in total. The number of anilines is 1. The molecule has 21 heavy (non-hydrogen) atoms. The first-order valence-corrected chi connectivity index (χ1v) is 9.88. The van der Waals surface area contributed by atoms with Crippen LogP contribution >= 0.6 is 43.2 Å². The molecule has 0 aliphatic rings. The molecule has 0 saturated heterocycles. The molecule has 0 fully saturated rings. The topological polar surface area (TPSA) is 63.4 Å². The highest BCUT2D eigenvalue weighted by atomic mass is 79.9. The van der Waals surface area contributed by atoms with Gasteiger partial charge in [0.15, 0.2) is 0 Å². The van der Waals surface area contributed by atoms with Gasteiger partial charge in [0.05, 0.1) is 5.69 Å². The summed E-state index contributed by atoms with van der Waals surface area (Å²) in [4.78, 5) is 1.12. The van der Waals surface area contributed by atoms with Gasteiger partial charge < -0.3 is 5.73 Å². The molecule has 0 amide bonds. The molecule has 2 rings (SSSR count). The van der Waals surface area contributed by atoms with Crippen molar-refractivity contribution < 1.29 is 8.42 Å². The number of nitrogens with zero attached hydrogens (tertiary/aromatic N) is 1. The second-order valence-corrected chi connectivity index (χ2v) is 9.35. The maximum absolute atomic E-state index is 12.7. The number of thiophene rings is 1. The Hall–Kier alpha value is -0.410. The van der Waals surface area contributed by atoms with Gasteiger partial charge in [0.2, 0.25) is 10.0 Å². The lowest BCUT2D eigenvalue weighted by molar-refractivity contribution is 0.469. The van der Waals surface area contributed by atoms with Gasteiger partial charge in [-0.25, -0.2) is 8.42 Å². The zero-order chi connectivity index (χ0) is 15.8. The maximum Gasteiger partial charge on any atom is 0.246 e. The largest absolute Gasteiger partial charge is 0.398 e. The molecule has 0 aliphatic heterocycles. The molecular weight excluding hydrogens is 440 g/mol. The standard InChI is InChI=1S/C13H14Br2N2O2S2/c1-8-3-4-20-12(8)7-17(2)21(18,19)13-10(15)5-9(14)6-11(13)16/h3-6H,7,16H2,1-2H3. The fraction of sp³-hybridized carbons (Fsp3) is 0.231. The lowest BCUT2D eigenvalue weighted by atomic mass is 10.3. The van der Waals surface area contributed by atoms with E-state index in [4.69, 9.17) is 5.73 Å². The SMILES string of the molecule is Cc1ccsc1CN(C)S(=O)(=O)c1c(N)cc(Br)cc1Br. The fourth-order valence-electron chi connectivity index (χ4n) is 1.86. The van der Waals surface area contributed by atoms with Crippen molar-refractivity contribution in [2.45, 2.75) is 18.4 Å². The van der Waals surface area contributed by atoms with Gasteiger partial charge in [-0.2, -0.15) is 4.31 Å². The van der Waals surface area contributed by atoms with Gasteiger partial charge >= 0.3 is 0 Å². The van der Waals surface area contributed by atoms with Crippen molar-refractivity contribution in [1.82, 2.24) is 4.31 Å². The minimum atomic E-state index is -3.66. The zero-order valence-electron chi connectivity index (χ0n) is 11.4. The van der Waals surface area contributed by atoms with Crippen molar-refractivity contribution in [2.24, 2.45) is 0 Å². The van der Waals surface area contributed by atoms with Crippen LogP contribution in [-0.4, -0.2) is 19.8 Å². The van der Waals surface area contributed by atoms with Gasteiger partial charge in [-0.3, -0.25) is 0 Å². The lowest BCUT2D eigenvalue weighted by Gasteiger charge is -2.19. The van der Waals surface area contributed by atoms with E-state index in [1.54, 1.807) is 30.5 Å². The summed E-state index contributed by atoms with van der Waals surface area (Å²) in [7, 11) is -2.10. The van der Waals surface area contributed by atoms with Crippen molar-refractivity contribution in [2.75, 3.05) is 12.8 Å². The van der Waals surface area contributed by atoms with Crippen LogP contribution in [0.5, 0.6) is 0 Å². The average Bonchev–Trinajstić information content (AvgIpc) is 2.73. The summed E-state index contributed by atoms with van der Waals surface area (Å²) in [6, 6.07) is 5.24. The van der Waals surface area contributed by atoms with Crippen LogP contribution in [0.15, 0.2) is 37.4 Å². The zero-order valence-corrected chi connectivity index (χ0v) is 16.2. The van der Waals surface area contributed by atoms with E-state index in [1.807, 2.05) is 18.4 Å². The number of benzene rings is 1. The third kappa shape index (κ3) is 3.50. The summed E-state index contributed by atoms with van der Waals surface area (Å²) < 4.78 is 27.9. The number of hydrogen-bond donors (Lipinski definition) is 1. The Bertz CT molecular complexity index is 749. The first-order chi connectivity index (χ1) is 9.73. The molecule has 0 spiro atoms. The van der Waals surface area contributed by atoms with E-state index < -0.39 is 10.0 Å². The van der Waals surface area contributed by atoms with E-state index in [-0.39, 0.29) is 10.6 Å². The summed E-state index contributed by atoms with van der Waals surface area (Å²) in [6.45, 7) is 2.30. The summed E-state index contributed by atoms with van der Waals surface area (Å²) in [5, 5.41) is 1.95. The monoisotopic (exact) mass is 452 g/mol. The van der Waals surface area contributed by atoms with Gasteiger partial charge in [-0.1, -0.05) is 15.9 Å². The van der Waals surface area contributed by atoms with E-state index in [9.17, 15) is 8.42 Å². The fourth-order valence-corrected chi connectivity index (χ4v) is 6.05. The summed E-state index contributed by atoms with van der Waals surface area (Å²) in [5.41, 5.74) is 7.19. The van der Waals surface area contributed by atoms with E-state index in [2.05, 4.69) is 31.9 Å². The van der Waals surface area contributed by atoms with Crippen molar-refractivity contribution in [3.63, 3.8) is 0 Å². The summed E-state index contributed by atoms with van der Waals surface area (Å²) in [5.74, 6) is 0. The predicted octanol–water partition coefficient (Wildman–Crippen LogP) is 3.98. The molecule has 1 aromatic heterocycles. The molecule has 2 N–H and O–H groups in total. The predicted molar refractivity (Wildman–Crippen MR) is 94.0 cm³/mol. The van der Waals surface area contributed by atoms with Gasteiger partial charge in [0.25, 0.3) is 0 Å². The quantitative estimate of drug-likeness (QED) is 0.712. The summed E-state index contributed by atoms with van der Waals surface area (Å²) in [6.07, 6.45) is 0. The molecule has 1 heterocycles. The van der Waals surface area contributed by atoms with Crippen LogP contribution < -0.4 is 5.73 Å². The third-order valence-corrected chi connectivity index (χ3v) is 7.31. The normalized spacial score (nSPS) is 12.0. The lowest BCUT2D eigenvalue weighted by Crippen LogP contribution is -2.27. The first-order valence-electron chi connectivity index (χ1n) is 5.97. The van der Waals surface area contributed by atoms with Crippen LogP contribution in [0.2, 0.25) is 0 Å². The first kappa shape index (κ1) is 17.0. The number of rotatable bonds is 4. The second-order valence-electron chi connectivity index (χ2n) is 4.59. The maximum atomic E-state index is 12.7. The van der Waals surface area contributed by atoms with Gasteiger partial charge in [0, 0.05) is 27.4 Å². The Kier molecular flexibility index (Phi) is 5.15.